The maximum Gasteiger partial charge on any atom is 0.244 e. The molecule has 0 radical (unpaired) electrons. The SMILES string of the molecule is NC(N)=NCCC[C@@H]1NC(=O)[C@@H](NC(=O)CCN=C(N)N)CSSC[C@H](C(=O)NCCc2ccc(O)cc2)NC(=O)[C@H](Cc2ccc3ccccc3c2)NC1=O. The highest BCUT2D eigenvalue weighted by Crippen LogP contribution is 2.24. The summed E-state index contributed by atoms with van der Waals surface area (Å²) in [5.74, 6) is -2.86. The number of amides is 5. The third kappa shape index (κ3) is 14.5. The Morgan fingerprint density at radius 2 is 1.41 bits per heavy atom. The molecule has 0 bridgehead atoms. The van der Waals surface area contributed by atoms with Crippen molar-refractivity contribution in [1.29, 1.82) is 0 Å². The molecule has 0 aromatic heterocycles. The van der Waals surface area contributed by atoms with Crippen LogP contribution in [-0.2, 0) is 36.8 Å². The van der Waals surface area contributed by atoms with Crippen LogP contribution in [0.3, 0.4) is 0 Å². The van der Waals surface area contributed by atoms with Crippen molar-refractivity contribution in [3.63, 3.8) is 0 Å². The molecule has 1 saturated heterocycles. The van der Waals surface area contributed by atoms with Crippen molar-refractivity contribution >= 4 is 73.8 Å². The Kier molecular flexibility index (Phi) is 16.9. The smallest absolute Gasteiger partial charge is 0.244 e. The van der Waals surface area contributed by atoms with Gasteiger partial charge in [0, 0.05) is 37.4 Å². The largest absolute Gasteiger partial charge is 0.508 e. The van der Waals surface area contributed by atoms with Crippen LogP contribution in [0.15, 0.2) is 76.7 Å². The molecule has 1 fully saturated rings. The molecule has 19 heteroatoms. The van der Waals surface area contributed by atoms with Gasteiger partial charge in [-0.25, -0.2) is 0 Å². The van der Waals surface area contributed by atoms with Gasteiger partial charge >= 0.3 is 0 Å². The van der Waals surface area contributed by atoms with Gasteiger partial charge in [0.15, 0.2) is 11.9 Å². The fraction of sp³-hybridized carbons (Fsp3) is 0.378. The van der Waals surface area contributed by atoms with Gasteiger partial charge < -0.3 is 54.6 Å². The molecular formula is C37H49N11O6S2. The zero-order valence-electron chi connectivity index (χ0n) is 30.7. The molecular weight excluding hydrogens is 759 g/mol. The van der Waals surface area contributed by atoms with Crippen LogP contribution < -0.4 is 49.5 Å². The molecule has 1 aliphatic heterocycles. The Morgan fingerprint density at radius 3 is 2.14 bits per heavy atom. The second kappa shape index (κ2) is 22.0. The number of nitrogens with two attached hydrogens (primary N) is 4. The second-order valence-corrected chi connectivity index (χ2v) is 15.5. The molecule has 0 unspecified atom stereocenters. The molecule has 3 aromatic rings. The summed E-state index contributed by atoms with van der Waals surface area (Å²) in [6.45, 7) is 0.423. The number of fused-ring (bicyclic) bond motifs is 1. The van der Waals surface area contributed by atoms with Gasteiger partial charge in [-0.3, -0.25) is 34.0 Å². The van der Waals surface area contributed by atoms with Crippen LogP contribution in [0.25, 0.3) is 10.8 Å². The minimum absolute atomic E-state index is 0.00204. The van der Waals surface area contributed by atoms with Gasteiger partial charge in [0.05, 0.1) is 6.54 Å². The Labute approximate surface area is 332 Å². The zero-order valence-corrected chi connectivity index (χ0v) is 32.4. The van der Waals surface area contributed by atoms with Gasteiger partial charge in [-0.05, 0) is 53.3 Å². The predicted molar refractivity (Wildman–Crippen MR) is 220 cm³/mol. The number of carbonyl (C=O) groups is 5. The van der Waals surface area contributed by atoms with Crippen LogP contribution in [0.4, 0.5) is 0 Å². The van der Waals surface area contributed by atoms with Gasteiger partial charge in [-0.1, -0.05) is 76.2 Å². The summed E-state index contributed by atoms with van der Waals surface area (Å²) >= 11 is 0. The number of hydrogen-bond donors (Lipinski definition) is 10. The van der Waals surface area contributed by atoms with Crippen LogP contribution in [-0.4, -0.2) is 102 Å². The fourth-order valence-corrected chi connectivity index (χ4v) is 7.99. The number of nitrogens with one attached hydrogen (secondary N) is 5. The minimum Gasteiger partial charge on any atom is -0.508 e. The fourth-order valence-electron chi connectivity index (χ4n) is 5.67. The first-order valence-corrected chi connectivity index (χ1v) is 20.5. The number of guanidine groups is 2. The first-order valence-electron chi connectivity index (χ1n) is 18.0. The first-order chi connectivity index (χ1) is 26.9. The molecule has 4 rings (SSSR count). The quantitative estimate of drug-likeness (QED) is 0.0427. The van der Waals surface area contributed by atoms with E-state index in [-0.39, 0.29) is 68.1 Å². The van der Waals surface area contributed by atoms with E-state index in [1.165, 1.54) is 21.6 Å². The highest BCUT2D eigenvalue weighted by Gasteiger charge is 2.32. The maximum atomic E-state index is 14.1. The lowest BCUT2D eigenvalue weighted by atomic mass is 10.00. The number of phenolic OH excluding ortho intramolecular Hbond substituents is 1. The average molecular weight is 808 g/mol. The summed E-state index contributed by atoms with van der Waals surface area (Å²) in [5.41, 5.74) is 23.4. The number of carbonyl (C=O) groups excluding carboxylic acids is 5. The van der Waals surface area contributed by atoms with Gasteiger partial charge in [-0.15, -0.1) is 0 Å². The molecule has 17 nitrogen and oxygen atoms in total. The van der Waals surface area contributed by atoms with E-state index in [0.717, 1.165) is 21.9 Å². The molecule has 5 amide bonds. The van der Waals surface area contributed by atoms with Crippen molar-refractivity contribution in [3.05, 3.63) is 77.9 Å². The molecule has 1 aliphatic rings. The Bertz CT molecular complexity index is 1890. The normalized spacial score (nSPS) is 19.3. The van der Waals surface area contributed by atoms with Crippen molar-refractivity contribution in [2.75, 3.05) is 31.1 Å². The number of benzene rings is 3. The summed E-state index contributed by atoms with van der Waals surface area (Å²) in [5, 5.41) is 25.5. The highest BCUT2D eigenvalue weighted by molar-refractivity contribution is 8.76. The van der Waals surface area contributed by atoms with Crippen molar-refractivity contribution < 1.29 is 29.1 Å². The van der Waals surface area contributed by atoms with Crippen molar-refractivity contribution in [1.82, 2.24) is 26.6 Å². The van der Waals surface area contributed by atoms with Crippen LogP contribution >= 0.6 is 21.6 Å². The van der Waals surface area contributed by atoms with E-state index in [2.05, 4.69) is 36.6 Å². The van der Waals surface area contributed by atoms with E-state index < -0.39 is 53.7 Å². The van der Waals surface area contributed by atoms with E-state index in [4.69, 9.17) is 22.9 Å². The lowest BCUT2D eigenvalue weighted by Gasteiger charge is -2.27. The topological polar surface area (TPSA) is 295 Å². The van der Waals surface area contributed by atoms with Crippen molar-refractivity contribution in [2.24, 2.45) is 32.9 Å². The third-order valence-electron chi connectivity index (χ3n) is 8.58. The number of rotatable bonds is 14. The van der Waals surface area contributed by atoms with Gasteiger partial charge in [0.1, 0.15) is 29.9 Å². The van der Waals surface area contributed by atoms with Crippen molar-refractivity contribution in [3.8, 4) is 5.75 Å². The summed E-state index contributed by atoms with van der Waals surface area (Å²) in [6, 6.07) is 15.6. The molecule has 14 N–H and O–H groups in total. The van der Waals surface area contributed by atoms with E-state index >= 15 is 0 Å². The second-order valence-electron chi connectivity index (χ2n) is 13.0. The minimum atomic E-state index is -1.15. The number of nitrogens with zero attached hydrogens (tertiary/aromatic N) is 2. The van der Waals surface area contributed by atoms with E-state index in [9.17, 15) is 29.1 Å². The summed E-state index contributed by atoms with van der Waals surface area (Å²) < 4.78 is 0. The summed E-state index contributed by atoms with van der Waals surface area (Å²) in [4.78, 5) is 76.1. The van der Waals surface area contributed by atoms with Crippen LogP contribution in [0, 0.1) is 0 Å². The van der Waals surface area contributed by atoms with E-state index in [1.54, 1.807) is 24.3 Å². The lowest BCUT2D eigenvalue weighted by Crippen LogP contribution is -2.59. The number of aliphatic imine (C=N–C) groups is 2. The number of hydrogen-bond acceptors (Lipinski definition) is 10. The predicted octanol–water partition coefficient (Wildman–Crippen LogP) is -0.502. The molecule has 4 atom stereocenters. The highest BCUT2D eigenvalue weighted by atomic mass is 33.1. The molecule has 0 spiro atoms. The van der Waals surface area contributed by atoms with Crippen LogP contribution in [0.1, 0.15) is 30.4 Å². The third-order valence-corrected chi connectivity index (χ3v) is 11.0. The Morgan fingerprint density at radius 1 is 0.768 bits per heavy atom. The first kappa shape index (κ1) is 43.0. The lowest BCUT2D eigenvalue weighted by molar-refractivity contribution is -0.134. The van der Waals surface area contributed by atoms with Crippen molar-refractivity contribution in [2.45, 2.75) is 56.3 Å². The number of aromatic hydroxyl groups is 1. The monoisotopic (exact) mass is 807 g/mol. The average Bonchev–Trinajstić information content (AvgIpc) is 3.16. The Balaban J connectivity index is 1.61. The maximum absolute atomic E-state index is 14.1. The number of phenols is 1. The van der Waals surface area contributed by atoms with E-state index in [1.807, 2.05) is 42.5 Å². The van der Waals surface area contributed by atoms with Gasteiger partial charge in [0.2, 0.25) is 29.5 Å². The molecule has 300 valence electrons. The van der Waals surface area contributed by atoms with Crippen LogP contribution in [0.2, 0.25) is 0 Å². The van der Waals surface area contributed by atoms with Gasteiger partial charge in [0.25, 0.3) is 0 Å². The standard InChI is InChI=1S/C37H49N11O6S2/c38-36(39)43-15-3-6-27-33(52)47-28(19-23-7-10-24-4-1-2-5-25(24)18-23)34(53)48-29(32(51)42-16-13-22-8-11-26(49)12-9-22)20-55-56-21-30(35(54)46-27)45-31(50)14-17-44-37(40)41/h1-2,4-5,7-12,18,27-30,49H,3,6,13-17,19-21H2,(H,42,51)(H,45,50)(H,46,54)(H,47,52)(H,48,53)(H4,38,39,43)(H4,40,41,44)/t27-,28-,29+,30-/m0/s1. The molecule has 1 heterocycles. The molecule has 3 aromatic carbocycles. The zero-order chi connectivity index (χ0) is 40.5. The molecule has 0 aliphatic carbocycles. The van der Waals surface area contributed by atoms with Crippen LogP contribution in [0.5, 0.6) is 5.75 Å². The molecule has 0 saturated carbocycles. The Hall–Kier alpha value is -5.69. The molecule has 56 heavy (non-hydrogen) atoms. The summed E-state index contributed by atoms with van der Waals surface area (Å²) in [6.07, 6.45) is 0.834. The van der Waals surface area contributed by atoms with Gasteiger partial charge in [-0.2, -0.15) is 0 Å². The summed E-state index contributed by atoms with van der Waals surface area (Å²) in [7, 11) is 2.44. The van der Waals surface area contributed by atoms with E-state index in [0.29, 0.717) is 12.8 Å².